The third kappa shape index (κ3) is 3.40. The van der Waals surface area contributed by atoms with E-state index in [1.54, 1.807) is 18.2 Å². The summed E-state index contributed by atoms with van der Waals surface area (Å²) in [6.07, 6.45) is -0.736. The molecule has 22 heavy (non-hydrogen) atoms. The molecular weight excluding hydrogens is 287 g/mol. The number of benzene rings is 1. The average molecular weight is 309 g/mol. The number of nitrogens with two attached hydrogens (primary N) is 1. The van der Waals surface area contributed by atoms with Crippen LogP contribution in [0, 0.1) is 0 Å². The topological polar surface area (TPSA) is 44.5 Å². The molecular formula is C16H22BF2NO2. The van der Waals surface area contributed by atoms with Crippen LogP contribution in [0.4, 0.5) is 8.78 Å². The number of alkyl halides is 2. The van der Waals surface area contributed by atoms with Crippen LogP contribution >= 0.6 is 0 Å². The van der Waals surface area contributed by atoms with Gasteiger partial charge in [-0.25, -0.2) is 8.78 Å². The molecule has 1 saturated heterocycles. The lowest BCUT2D eigenvalue weighted by Crippen LogP contribution is -2.41. The molecule has 0 unspecified atom stereocenters. The normalized spacial score (nSPS) is 20.7. The molecule has 0 saturated carbocycles. The molecule has 1 aliphatic heterocycles. The van der Waals surface area contributed by atoms with Gasteiger partial charge in [0.25, 0.3) is 6.43 Å². The molecule has 3 nitrogen and oxygen atoms in total. The van der Waals surface area contributed by atoms with Crippen molar-refractivity contribution in [3.8, 4) is 0 Å². The van der Waals surface area contributed by atoms with E-state index >= 15 is 0 Å². The quantitative estimate of drug-likeness (QED) is 0.864. The molecule has 1 fully saturated rings. The minimum absolute atomic E-state index is 0.0148. The second kappa shape index (κ2) is 6.10. The molecule has 0 spiro atoms. The third-order valence-corrected chi connectivity index (χ3v) is 4.31. The van der Waals surface area contributed by atoms with Crippen molar-refractivity contribution in [3.05, 3.63) is 40.9 Å². The van der Waals surface area contributed by atoms with Crippen LogP contribution in [0.25, 0.3) is 6.08 Å². The van der Waals surface area contributed by atoms with E-state index in [4.69, 9.17) is 15.0 Å². The fourth-order valence-corrected chi connectivity index (χ4v) is 2.22. The summed E-state index contributed by atoms with van der Waals surface area (Å²) in [6, 6.07) is 6.21. The van der Waals surface area contributed by atoms with Gasteiger partial charge in [-0.2, -0.15) is 0 Å². The van der Waals surface area contributed by atoms with Crippen molar-refractivity contribution >= 4 is 13.2 Å². The molecule has 0 radical (unpaired) electrons. The zero-order valence-corrected chi connectivity index (χ0v) is 13.4. The van der Waals surface area contributed by atoms with Crippen LogP contribution in [0.2, 0.25) is 0 Å². The van der Waals surface area contributed by atoms with E-state index in [0.29, 0.717) is 5.56 Å². The van der Waals surface area contributed by atoms with E-state index in [2.05, 4.69) is 0 Å². The molecule has 0 aromatic heterocycles. The summed E-state index contributed by atoms with van der Waals surface area (Å²) in [5, 5.41) is 0. The summed E-state index contributed by atoms with van der Waals surface area (Å²) >= 11 is 0. The van der Waals surface area contributed by atoms with Gasteiger partial charge in [-0.1, -0.05) is 24.3 Å². The number of hydrogen-bond acceptors (Lipinski definition) is 3. The summed E-state index contributed by atoms with van der Waals surface area (Å²) in [7, 11) is -0.565. The molecule has 120 valence electrons. The standard InChI is InChI=1S/C16H22BF2NO2/c1-15(2)16(3,4)22-17(21-15)13(10-20)9-11-6-5-7-12(8-11)14(18)19/h5-9,14H,10,20H2,1-4H3. The highest BCUT2D eigenvalue weighted by Crippen LogP contribution is 2.38. The summed E-state index contributed by atoms with van der Waals surface area (Å²) in [5.41, 5.74) is 6.25. The maximum absolute atomic E-state index is 12.8. The van der Waals surface area contributed by atoms with Gasteiger partial charge in [0.15, 0.2) is 0 Å². The van der Waals surface area contributed by atoms with Crippen LogP contribution in [0.1, 0.15) is 45.2 Å². The first-order chi connectivity index (χ1) is 10.2. The number of hydrogen-bond donors (Lipinski definition) is 1. The lowest BCUT2D eigenvalue weighted by molar-refractivity contribution is 0.00578. The Morgan fingerprint density at radius 2 is 1.82 bits per heavy atom. The second-order valence-corrected chi connectivity index (χ2v) is 6.48. The first kappa shape index (κ1) is 17.1. The highest BCUT2D eigenvalue weighted by molar-refractivity contribution is 6.55. The first-order valence-electron chi connectivity index (χ1n) is 7.30. The van der Waals surface area contributed by atoms with Crippen LogP contribution in [0.5, 0.6) is 0 Å². The van der Waals surface area contributed by atoms with E-state index < -0.39 is 24.7 Å². The minimum atomic E-state index is -2.49. The maximum Gasteiger partial charge on any atom is 0.491 e. The fourth-order valence-electron chi connectivity index (χ4n) is 2.22. The summed E-state index contributed by atoms with van der Waals surface area (Å²) in [5.74, 6) is 0. The SMILES string of the molecule is CC1(C)OB(C(=Cc2cccc(C(F)F)c2)CN)OC1(C)C. The van der Waals surface area contributed by atoms with Crippen LogP contribution in [0.15, 0.2) is 29.7 Å². The van der Waals surface area contributed by atoms with Crippen molar-refractivity contribution in [1.29, 1.82) is 0 Å². The highest BCUT2D eigenvalue weighted by atomic mass is 19.3. The van der Waals surface area contributed by atoms with Crippen molar-refractivity contribution < 1.29 is 18.1 Å². The summed E-state index contributed by atoms with van der Waals surface area (Å²) in [4.78, 5) is 0. The molecule has 1 aromatic rings. The lowest BCUT2D eigenvalue weighted by atomic mass is 9.77. The molecule has 1 heterocycles. The van der Waals surface area contributed by atoms with Crippen molar-refractivity contribution in [1.82, 2.24) is 0 Å². The van der Waals surface area contributed by atoms with Crippen LogP contribution < -0.4 is 5.73 Å². The Hall–Kier alpha value is -1.24. The zero-order chi connectivity index (χ0) is 16.5. The Morgan fingerprint density at radius 1 is 1.23 bits per heavy atom. The Balaban J connectivity index is 2.27. The largest absolute Gasteiger partial charge is 0.491 e. The van der Waals surface area contributed by atoms with Gasteiger partial charge in [0.2, 0.25) is 0 Å². The van der Waals surface area contributed by atoms with Crippen molar-refractivity contribution in [2.75, 3.05) is 6.54 Å². The molecule has 1 aliphatic rings. The Kier molecular flexibility index (Phi) is 4.75. The van der Waals surface area contributed by atoms with Gasteiger partial charge < -0.3 is 15.0 Å². The molecule has 2 N–H and O–H groups in total. The van der Waals surface area contributed by atoms with Gasteiger partial charge in [0, 0.05) is 12.1 Å². The van der Waals surface area contributed by atoms with Gasteiger partial charge in [0.1, 0.15) is 0 Å². The molecule has 2 rings (SSSR count). The first-order valence-corrected chi connectivity index (χ1v) is 7.30. The average Bonchev–Trinajstić information content (AvgIpc) is 2.65. The van der Waals surface area contributed by atoms with Crippen molar-refractivity contribution in [3.63, 3.8) is 0 Å². The molecule has 0 atom stereocenters. The van der Waals surface area contributed by atoms with Crippen LogP contribution in [0.3, 0.4) is 0 Å². The zero-order valence-electron chi connectivity index (χ0n) is 13.4. The second-order valence-electron chi connectivity index (χ2n) is 6.48. The predicted molar refractivity (Wildman–Crippen MR) is 84.5 cm³/mol. The monoisotopic (exact) mass is 309 g/mol. The van der Waals surface area contributed by atoms with Crippen LogP contribution in [-0.4, -0.2) is 24.9 Å². The molecule has 6 heteroatoms. The van der Waals surface area contributed by atoms with E-state index in [0.717, 1.165) is 5.47 Å². The van der Waals surface area contributed by atoms with Crippen molar-refractivity contribution in [2.45, 2.75) is 45.3 Å². The minimum Gasteiger partial charge on any atom is -0.400 e. The van der Waals surface area contributed by atoms with Gasteiger partial charge in [-0.3, -0.25) is 0 Å². The lowest BCUT2D eigenvalue weighted by Gasteiger charge is -2.32. The Morgan fingerprint density at radius 3 is 2.32 bits per heavy atom. The summed E-state index contributed by atoms with van der Waals surface area (Å²) < 4.78 is 37.4. The molecule has 0 aliphatic carbocycles. The maximum atomic E-state index is 12.8. The van der Waals surface area contributed by atoms with Gasteiger partial charge >= 0.3 is 7.12 Å². The Bertz CT molecular complexity index is 557. The van der Waals surface area contributed by atoms with Crippen LogP contribution in [-0.2, 0) is 9.31 Å². The number of halogens is 2. The highest BCUT2D eigenvalue weighted by Gasteiger charge is 2.52. The summed E-state index contributed by atoms with van der Waals surface area (Å²) in [6.45, 7) is 8.06. The predicted octanol–water partition coefficient (Wildman–Crippen LogP) is 3.60. The van der Waals surface area contributed by atoms with Gasteiger partial charge in [0.05, 0.1) is 11.2 Å². The van der Waals surface area contributed by atoms with Gasteiger partial charge in [-0.05, 0) is 44.8 Å². The molecule has 0 bridgehead atoms. The van der Waals surface area contributed by atoms with E-state index in [9.17, 15) is 8.78 Å². The smallest absolute Gasteiger partial charge is 0.400 e. The van der Waals surface area contributed by atoms with Gasteiger partial charge in [-0.15, -0.1) is 0 Å². The molecule has 0 amide bonds. The van der Waals surface area contributed by atoms with E-state index in [1.807, 2.05) is 27.7 Å². The van der Waals surface area contributed by atoms with E-state index in [-0.39, 0.29) is 12.1 Å². The number of rotatable bonds is 4. The fraction of sp³-hybridized carbons (Fsp3) is 0.500. The Labute approximate surface area is 130 Å². The molecule has 1 aromatic carbocycles. The third-order valence-electron chi connectivity index (χ3n) is 4.31. The van der Waals surface area contributed by atoms with Crippen molar-refractivity contribution in [2.24, 2.45) is 5.73 Å². The van der Waals surface area contributed by atoms with E-state index in [1.165, 1.54) is 12.1 Å².